The van der Waals surface area contributed by atoms with Gasteiger partial charge in [0.2, 0.25) is 5.91 Å². The summed E-state index contributed by atoms with van der Waals surface area (Å²) in [6.07, 6.45) is 1.85. The van der Waals surface area contributed by atoms with Gasteiger partial charge in [-0.15, -0.1) is 23.1 Å². The van der Waals surface area contributed by atoms with E-state index in [4.69, 9.17) is 16.3 Å². The van der Waals surface area contributed by atoms with E-state index in [0.29, 0.717) is 39.7 Å². The van der Waals surface area contributed by atoms with Gasteiger partial charge in [0, 0.05) is 46.2 Å². The van der Waals surface area contributed by atoms with Gasteiger partial charge in [0.25, 0.3) is 11.8 Å². The summed E-state index contributed by atoms with van der Waals surface area (Å²) in [6.45, 7) is 5.92. The molecule has 282 valence electrons. The van der Waals surface area contributed by atoms with Crippen molar-refractivity contribution < 1.29 is 28.3 Å². The van der Waals surface area contributed by atoms with E-state index in [1.807, 2.05) is 18.2 Å². The minimum absolute atomic E-state index is 0.0611. The molecule has 3 N–H and O–H groups in total. The SMILES string of the molecule is CCOC(=O)c1c(NC(=O)C(C)Sc2cccc(NC(=O)/C(=C\c3c(F)cccc3Cl)NC(=O)c3ccccc3)c2)sc2c1CCN(Cc1ccccc1)C2. The number of carbonyl (C=O) groups excluding carboxylic acids is 4. The van der Waals surface area contributed by atoms with Crippen LogP contribution in [0.3, 0.4) is 0 Å². The van der Waals surface area contributed by atoms with Gasteiger partial charge in [-0.25, -0.2) is 9.18 Å². The van der Waals surface area contributed by atoms with Crippen molar-refractivity contribution in [3.8, 4) is 0 Å². The lowest BCUT2D eigenvalue weighted by molar-refractivity contribution is -0.115. The molecule has 0 saturated heterocycles. The Bertz CT molecular complexity index is 2210. The number of halogens is 2. The number of carbonyl (C=O) groups is 4. The highest BCUT2D eigenvalue weighted by Crippen LogP contribution is 2.39. The molecule has 0 radical (unpaired) electrons. The minimum Gasteiger partial charge on any atom is -0.462 e. The van der Waals surface area contributed by atoms with Gasteiger partial charge in [-0.3, -0.25) is 19.3 Å². The predicted octanol–water partition coefficient (Wildman–Crippen LogP) is 8.80. The van der Waals surface area contributed by atoms with E-state index in [2.05, 4.69) is 33.0 Å². The van der Waals surface area contributed by atoms with E-state index in [-0.39, 0.29) is 28.8 Å². The third kappa shape index (κ3) is 10.1. The molecule has 0 bridgehead atoms. The highest BCUT2D eigenvalue weighted by molar-refractivity contribution is 8.00. The van der Waals surface area contributed by atoms with Gasteiger partial charge < -0.3 is 20.7 Å². The summed E-state index contributed by atoms with van der Waals surface area (Å²) >= 11 is 8.91. The monoisotopic (exact) mass is 796 g/mol. The summed E-state index contributed by atoms with van der Waals surface area (Å²) in [7, 11) is 0. The number of nitrogens with one attached hydrogen (secondary N) is 3. The zero-order valence-electron chi connectivity index (χ0n) is 30.1. The number of hydrogen-bond donors (Lipinski definition) is 3. The predicted molar refractivity (Wildman–Crippen MR) is 217 cm³/mol. The summed E-state index contributed by atoms with van der Waals surface area (Å²) in [5, 5.41) is 8.28. The minimum atomic E-state index is -0.716. The summed E-state index contributed by atoms with van der Waals surface area (Å²) in [5.74, 6) is -2.71. The quantitative estimate of drug-likeness (QED) is 0.0620. The molecule has 55 heavy (non-hydrogen) atoms. The van der Waals surface area contributed by atoms with Gasteiger partial charge in [-0.05, 0) is 79.9 Å². The lowest BCUT2D eigenvalue weighted by atomic mass is 10.0. The van der Waals surface area contributed by atoms with Gasteiger partial charge in [-0.2, -0.15) is 0 Å². The fraction of sp³-hybridized carbons (Fsp3) is 0.190. The summed E-state index contributed by atoms with van der Waals surface area (Å²) < 4.78 is 20.2. The molecule has 6 rings (SSSR count). The maximum Gasteiger partial charge on any atom is 0.341 e. The van der Waals surface area contributed by atoms with Crippen LogP contribution in [0.5, 0.6) is 0 Å². The molecule has 1 unspecified atom stereocenters. The highest BCUT2D eigenvalue weighted by Gasteiger charge is 2.30. The topological polar surface area (TPSA) is 117 Å². The lowest BCUT2D eigenvalue weighted by Gasteiger charge is -2.27. The fourth-order valence-corrected chi connectivity index (χ4v) is 8.42. The Morgan fingerprint density at radius 1 is 0.964 bits per heavy atom. The zero-order chi connectivity index (χ0) is 38.9. The van der Waals surface area contributed by atoms with Gasteiger partial charge in [0.1, 0.15) is 16.5 Å². The number of thiophene rings is 1. The van der Waals surface area contributed by atoms with E-state index in [1.54, 1.807) is 68.4 Å². The van der Waals surface area contributed by atoms with Crippen molar-refractivity contribution in [2.24, 2.45) is 0 Å². The zero-order valence-corrected chi connectivity index (χ0v) is 32.5. The van der Waals surface area contributed by atoms with Crippen molar-refractivity contribution >= 4 is 75.2 Å². The number of anilines is 2. The van der Waals surface area contributed by atoms with Crippen LogP contribution in [0.25, 0.3) is 6.08 Å². The number of esters is 1. The molecule has 0 spiro atoms. The van der Waals surface area contributed by atoms with Crippen molar-refractivity contribution in [3.05, 3.63) is 152 Å². The molecule has 1 aliphatic rings. The molecule has 1 aromatic heterocycles. The molecule has 13 heteroatoms. The molecule has 1 atom stereocenters. The Balaban J connectivity index is 1.16. The van der Waals surface area contributed by atoms with Crippen LogP contribution in [0.4, 0.5) is 15.1 Å². The second-order valence-electron chi connectivity index (χ2n) is 12.6. The van der Waals surface area contributed by atoms with E-state index in [1.165, 1.54) is 52.9 Å². The van der Waals surface area contributed by atoms with Crippen LogP contribution >= 0.6 is 34.7 Å². The van der Waals surface area contributed by atoms with Crippen molar-refractivity contribution in [3.63, 3.8) is 0 Å². The second-order valence-corrected chi connectivity index (χ2v) is 15.5. The molecule has 2 heterocycles. The Morgan fingerprint density at radius 3 is 2.42 bits per heavy atom. The first-order valence-electron chi connectivity index (χ1n) is 17.6. The number of benzene rings is 4. The maximum absolute atomic E-state index is 14.8. The average Bonchev–Trinajstić information content (AvgIpc) is 3.53. The lowest BCUT2D eigenvalue weighted by Crippen LogP contribution is -2.30. The standard InChI is InChI=1S/C42H38ClFN4O5S2/c1-3-53-42(52)37-31-20-21-48(24-27-12-6-4-7-13-27)25-36(31)55-41(37)47-38(49)26(2)54-30-17-10-16-29(22-30)45-40(51)35(23-32-33(43)18-11-19-34(32)44)46-39(50)28-14-8-5-9-15-28/h4-19,22-23,26H,3,20-21,24-25H2,1-2H3,(H,45,51)(H,46,50)(H,47,49)/b35-23+. The van der Waals surface area contributed by atoms with Gasteiger partial charge in [0.05, 0.1) is 22.4 Å². The van der Waals surface area contributed by atoms with Gasteiger partial charge >= 0.3 is 5.97 Å². The van der Waals surface area contributed by atoms with Crippen molar-refractivity contribution in [1.29, 1.82) is 0 Å². The van der Waals surface area contributed by atoms with Crippen molar-refractivity contribution in [1.82, 2.24) is 10.2 Å². The average molecular weight is 797 g/mol. The molecular formula is C42H38ClFN4O5S2. The molecular weight excluding hydrogens is 759 g/mol. The van der Waals surface area contributed by atoms with Crippen molar-refractivity contribution in [2.75, 3.05) is 23.8 Å². The first-order valence-corrected chi connectivity index (χ1v) is 19.7. The number of fused-ring (bicyclic) bond motifs is 1. The Labute approximate surface area is 331 Å². The second kappa shape index (κ2) is 18.4. The van der Waals surface area contributed by atoms with Crippen LogP contribution in [0.15, 0.2) is 114 Å². The largest absolute Gasteiger partial charge is 0.462 e. The fourth-order valence-electron chi connectivity index (χ4n) is 5.99. The van der Waals surface area contributed by atoms with Crippen LogP contribution in [-0.4, -0.2) is 47.0 Å². The molecule has 9 nitrogen and oxygen atoms in total. The van der Waals surface area contributed by atoms with Crippen molar-refractivity contribution in [2.45, 2.75) is 43.5 Å². The first-order chi connectivity index (χ1) is 26.6. The third-order valence-electron chi connectivity index (χ3n) is 8.69. The van der Waals surface area contributed by atoms with Gasteiger partial charge in [-0.1, -0.05) is 72.3 Å². The van der Waals surface area contributed by atoms with E-state index >= 15 is 0 Å². The van der Waals surface area contributed by atoms with Crippen LogP contribution < -0.4 is 16.0 Å². The Hall–Kier alpha value is -5.27. The van der Waals surface area contributed by atoms with E-state index in [0.717, 1.165) is 23.5 Å². The smallest absolute Gasteiger partial charge is 0.341 e. The maximum atomic E-state index is 14.8. The molecule has 1 aliphatic heterocycles. The number of amides is 3. The normalized spacial score (nSPS) is 13.3. The van der Waals surface area contributed by atoms with Crippen LogP contribution in [0.2, 0.25) is 5.02 Å². The molecule has 0 saturated carbocycles. The number of ether oxygens (including phenoxy) is 1. The third-order valence-corrected chi connectivity index (χ3v) is 11.2. The molecule has 0 fully saturated rings. The Kier molecular flexibility index (Phi) is 13.2. The summed E-state index contributed by atoms with van der Waals surface area (Å²) in [5.41, 5.74) is 2.91. The number of hydrogen-bond acceptors (Lipinski definition) is 8. The van der Waals surface area contributed by atoms with E-state index in [9.17, 15) is 23.6 Å². The van der Waals surface area contributed by atoms with Crippen LogP contribution in [-0.2, 0) is 33.8 Å². The molecule has 4 aromatic carbocycles. The number of nitrogens with zero attached hydrogens (tertiary/aromatic N) is 1. The van der Waals surface area contributed by atoms with Gasteiger partial charge in [0.15, 0.2) is 0 Å². The molecule has 3 amide bonds. The number of rotatable bonds is 13. The molecule has 0 aliphatic carbocycles. The first kappa shape index (κ1) is 39.4. The Morgan fingerprint density at radius 2 is 1.69 bits per heavy atom. The molecule has 5 aromatic rings. The highest BCUT2D eigenvalue weighted by atomic mass is 35.5. The summed E-state index contributed by atoms with van der Waals surface area (Å²) in [6, 6.07) is 29.5. The number of thioether (sulfide) groups is 1. The van der Waals surface area contributed by atoms with Crippen LogP contribution in [0.1, 0.15) is 56.1 Å². The van der Waals surface area contributed by atoms with E-state index < -0.39 is 28.9 Å². The van der Waals surface area contributed by atoms with Crippen LogP contribution in [0, 0.1) is 5.82 Å². The summed E-state index contributed by atoms with van der Waals surface area (Å²) in [4.78, 5) is 57.5.